The summed E-state index contributed by atoms with van der Waals surface area (Å²) in [5.74, 6) is 0. The molecular weight excluding hydrogens is 246 g/mol. The average Bonchev–Trinajstić information content (AvgIpc) is 3.04. The second-order valence-corrected chi connectivity index (χ2v) is 4.80. The molecule has 0 fully saturated rings. The highest BCUT2D eigenvalue weighted by molar-refractivity contribution is 7.07. The van der Waals surface area contributed by atoms with E-state index in [-0.39, 0.29) is 0 Å². The van der Waals surface area contributed by atoms with Crippen LogP contribution in [0.15, 0.2) is 41.1 Å². The lowest BCUT2D eigenvalue weighted by Gasteiger charge is -2.04. The zero-order valence-corrected chi connectivity index (χ0v) is 10.6. The second-order valence-electron chi connectivity index (χ2n) is 4.02. The smallest absolute Gasteiger partial charge is 0.130 e. The van der Waals surface area contributed by atoms with E-state index in [9.17, 15) is 0 Å². The molecule has 0 radical (unpaired) electrons. The zero-order chi connectivity index (χ0) is 12.2. The lowest BCUT2D eigenvalue weighted by Crippen LogP contribution is -2.14. The molecule has 0 aliphatic carbocycles. The van der Waals surface area contributed by atoms with Crippen LogP contribution in [0.2, 0.25) is 0 Å². The summed E-state index contributed by atoms with van der Waals surface area (Å²) in [6.45, 7) is 0.642. The normalized spacial score (nSPS) is 10.9. The molecule has 0 spiro atoms. The summed E-state index contributed by atoms with van der Waals surface area (Å²) in [5, 5.41) is 12.3. The molecule has 0 N–H and O–H groups in total. The predicted molar refractivity (Wildman–Crippen MR) is 71.6 cm³/mol. The molecule has 2 heterocycles. The lowest BCUT2D eigenvalue weighted by atomic mass is 10.2. The van der Waals surface area contributed by atoms with Crippen LogP contribution in [0.25, 0.3) is 11.0 Å². The second kappa shape index (κ2) is 5.18. The standard InChI is InChI=1S/C13H13N3OS/c1-2-6-13-12(5-1)14-15-16(13)17-8-3-4-11-7-9-18-10-11/h1-2,5-7,9-10H,3-4,8H2. The number of para-hydroxylation sites is 1. The van der Waals surface area contributed by atoms with E-state index in [0.717, 1.165) is 23.9 Å². The van der Waals surface area contributed by atoms with Crippen LogP contribution in [0, 0.1) is 0 Å². The largest absolute Gasteiger partial charge is 0.395 e. The number of aryl methyl sites for hydroxylation is 1. The molecule has 92 valence electrons. The maximum absolute atomic E-state index is 5.60. The van der Waals surface area contributed by atoms with Crippen molar-refractivity contribution < 1.29 is 4.84 Å². The molecule has 0 saturated heterocycles. The first-order chi connectivity index (χ1) is 8.93. The SMILES string of the molecule is c1ccc2c(c1)nnn2OCCCc1ccsc1. The maximum Gasteiger partial charge on any atom is 0.130 e. The number of rotatable bonds is 5. The van der Waals surface area contributed by atoms with Gasteiger partial charge in [0.2, 0.25) is 0 Å². The lowest BCUT2D eigenvalue weighted by molar-refractivity contribution is 0.0858. The van der Waals surface area contributed by atoms with Gasteiger partial charge in [-0.25, -0.2) is 0 Å². The van der Waals surface area contributed by atoms with Crippen molar-refractivity contribution in [1.29, 1.82) is 0 Å². The Morgan fingerprint density at radius 3 is 3.06 bits per heavy atom. The Morgan fingerprint density at radius 1 is 1.22 bits per heavy atom. The zero-order valence-electron chi connectivity index (χ0n) is 9.82. The van der Waals surface area contributed by atoms with Gasteiger partial charge >= 0.3 is 0 Å². The summed E-state index contributed by atoms with van der Waals surface area (Å²) >= 11 is 1.73. The van der Waals surface area contributed by atoms with Gasteiger partial charge in [-0.05, 0) is 52.6 Å². The first kappa shape index (κ1) is 11.2. The van der Waals surface area contributed by atoms with Crippen molar-refractivity contribution in [2.75, 3.05) is 6.61 Å². The number of benzene rings is 1. The topological polar surface area (TPSA) is 39.9 Å². The Labute approximate surface area is 109 Å². The Bertz CT molecular complexity index is 618. The summed E-state index contributed by atoms with van der Waals surface area (Å²) in [5.41, 5.74) is 3.13. The van der Waals surface area contributed by atoms with E-state index < -0.39 is 0 Å². The van der Waals surface area contributed by atoms with Crippen LogP contribution in [0.3, 0.4) is 0 Å². The Hall–Kier alpha value is -1.88. The number of nitrogens with zero attached hydrogens (tertiary/aromatic N) is 3. The van der Waals surface area contributed by atoms with Crippen LogP contribution in [0.4, 0.5) is 0 Å². The van der Waals surface area contributed by atoms with E-state index in [4.69, 9.17) is 4.84 Å². The van der Waals surface area contributed by atoms with Gasteiger partial charge in [-0.1, -0.05) is 17.0 Å². The Morgan fingerprint density at radius 2 is 2.17 bits per heavy atom. The molecule has 1 aromatic carbocycles. The van der Waals surface area contributed by atoms with E-state index in [0.29, 0.717) is 6.61 Å². The molecule has 3 rings (SSSR count). The third kappa shape index (κ3) is 2.36. The minimum atomic E-state index is 0.642. The fourth-order valence-electron chi connectivity index (χ4n) is 1.81. The predicted octanol–water partition coefficient (Wildman–Crippen LogP) is 2.55. The van der Waals surface area contributed by atoms with Crippen LogP contribution >= 0.6 is 11.3 Å². The monoisotopic (exact) mass is 259 g/mol. The molecule has 0 aliphatic rings. The van der Waals surface area contributed by atoms with Gasteiger partial charge in [0, 0.05) is 0 Å². The van der Waals surface area contributed by atoms with Crippen molar-refractivity contribution in [3.63, 3.8) is 0 Å². The van der Waals surface area contributed by atoms with E-state index in [2.05, 4.69) is 27.1 Å². The number of fused-ring (bicyclic) bond motifs is 1. The highest BCUT2D eigenvalue weighted by Crippen LogP contribution is 2.09. The van der Waals surface area contributed by atoms with Crippen LogP contribution in [-0.2, 0) is 6.42 Å². The van der Waals surface area contributed by atoms with Crippen molar-refractivity contribution in [3.05, 3.63) is 46.7 Å². The fraction of sp³-hybridized carbons (Fsp3) is 0.231. The highest BCUT2D eigenvalue weighted by atomic mass is 32.1. The van der Waals surface area contributed by atoms with Crippen molar-refractivity contribution in [2.24, 2.45) is 0 Å². The van der Waals surface area contributed by atoms with Crippen LogP contribution in [-0.4, -0.2) is 21.8 Å². The Balaban J connectivity index is 1.57. The first-order valence-corrected chi connectivity index (χ1v) is 6.82. The van der Waals surface area contributed by atoms with Gasteiger partial charge in [-0.3, -0.25) is 0 Å². The maximum atomic E-state index is 5.60. The van der Waals surface area contributed by atoms with Gasteiger partial charge in [0.15, 0.2) is 0 Å². The number of aromatic nitrogens is 3. The molecule has 0 atom stereocenters. The quantitative estimate of drug-likeness (QED) is 0.661. The van der Waals surface area contributed by atoms with Gasteiger partial charge < -0.3 is 4.84 Å². The van der Waals surface area contributed by atoms with Crippen molar-refractivity contribution in [1.82, 2.24) is 15.2 Å². The van der Waals surface area contributed by atoms with Crippen LogP contribution in [0.5, 0.6) is 0 Å². The molecule has 0 amide bonds. The molecule has 2 aromatic heterocycles. The van der Waals surface area contributed by atoms with Crippen molar-refractivity contribution >= 4 is 22.4 Å². The minimum absolute atomic E-state index is 0.642. The van der Waals surface area contributed by atoms with E-state index in [1.54, 1.807) is 11.3 Å². The molecule has 5 heteroatoms. The van der Waals surface area contributed by atoms with Gasteiger partial charge in [-0.2, -0.15) is 11.3 Å². The summed E-state index contributed by atoms with van der Waals surface area (Å²) < 4.78 is 0. The third-order valence-electron chi connectivity index (χ3n) is 2.72. The molecule has 0 saturated carbocycles. The van der Waals surface area contributed by atoms with E-state index >= 15 is 0 Å². The molecule has 18 heavy (non-hydrogen) atoms. The molecule has 0 bridgehead atoms. The van der Waals surface area contributed by atoms with Gasteiger partial charge in [0.25, 0.3) is 0 Å². The van der Waals surface area contributed by atoms with Crippen molar-refractivity contribution in [3.8, 4) is 0 Å². The highest BCUT2D eigenvalue weighted by Gasteiger charge is 2.03. The number of thiophene rings is 1. The van der Waals surface area contributed by atoms with Crippen LogP contribution < -0.4 is 4.84 Å². The van der Waals surface area contributed by atoms with Crippen molar-refractivity contribution in [2.45, 2.75) is 12.8 Å². The average molecular weight is 259 g/mol. The molecular formula is C13H13N3OS. The van der Waals surface area contributed by atoms with E-state index in [1.807, 2.05) is 24.3 Å². The summed E-state index contributed by atoms with van der Waals surface area (Å²) in [7, 11) is 0. The summed E-state index contributed by atoms with van der Waals surface area (Å²) in [6.07, 6.45) is 2.01. The Kier molecular flexibility index (Phi) is 3.23. The summed E-state index contributed by atoms with van der Waals surface area (Å²) in [6, 6.07) is 9.92. The summed E-state index contributed by atoms with van der Waals surface area (Å²) in [4.78, 5) is 7.11. The molecule has 0 unspecified atom stereocenters. The number of hydrogen-bond acceptors (Lipinski definition) is 4. The molecule has 3 aromatic rings. The van der Waals surface area contributed by atoms with Gasteiger partial charge in [-0.15, -0.1) is 5.10 Å². The van der Waals surface area contributed by atoms with Gasteiger partial charge in [0.05, 0.1) is 0 Å². The van der Waals surface area contributed by atoms with Crippen LogP contribution in [0.1, 0.15) is 12.0 Å². The number of hydrogen-bond donors (Lipinski definition) is 0. The fourth-order valence-corrected chi connectivity index (χ4v) is 2.51. The third-order valence-corrected chi connectivity index (χ3v) is 3.46. The first-order valence-electron chi connectivity index (χ1n) is 5.88. The molecule has 0 aliphatic heterocycles. The minimum Gasteiger partial charge on any atom is -0.395 e. The van der Waals surface area contributed by atoms with E-state index in [1.165, 1.54) is 10.4 Å². The van der Waals surface area contributed by atoms with Gasteiger partial charge in [0.1, 0.15) is 17.6 Å². The molecule has 4 nitrogen and oxygen atoms in total.